The van der Waals surface area contributed by atoms with E-state index in [1.54, 1.807) is 0 Å². The zero-order chi connectivity index (χ0) is 25.1. The van der Waals surface area contributed by atoms with Crippen molar-refractivity contribution in [2.75, 3.05) is 6.61 Å². The lowest BCUT2D eigenvalue weighted by atomic mass is 9.86. The summed E-state index contributed by atoms with van der Waals surface area (Å²) in [5.74, 6) is 0.715. The summed E-state index contributed by atoms with van der Waals surface area (Å²) in [5.41, 5.74) is 13.8. The van der Waals surface area contributed by atoms with Crippen molar-refractivity contribution in [3.05, 3.63) is 75.9 Å². The Balaban J connectivity index is 3.58. The van der Waals surface area contributed by atoms with Gasteiger partial charge in [-0.25, -0.2) is 0 Å². The van der Waals surface area contributed by atoms with Crippen LogP contribution in [0.4, 0.5) is 0 Å². The monoisotopic (exact) mass is 467 g/mol. The molecule has 180 valence electrons. The first-order chi connectivity index (χ1) is 15.6. The van der Waals surface area contributed by atoms with Crippen LogP contribution in [0, 0.1) is 5.92 Å². The summed E-state index contributed by atoms with van der Waals surface area (Å²) < 4.78 is 5.08. The molecule has 0 saturated heterocycles. The number of thiocarbonyl (C=S) groups is 1. The molecule has 0 saturated carbocycles. The van der Waals surface area contributed by atoms with Crippen LogP contribution in [-0.2, 0) is 9.53 Å². The van der Waals surface area contributed by atoms with Gasteiger partial charge in [0.1, 0.15) is 6.61 Å². The smallest absolute Gasteiger partial charge is 0.293 e. The van der Waals surface area contributed by atoms with Gasteiger partial charge in [0.05, 0.1) is 0 Å². The van der Waals surface area contributed by atoms with Crippen molar-refractivity contribution in [2.24, 2.45) is 11.7 Å². The third-order valence-corrected chi connectivity index (χ3v) is 6.60. The predicted octanol–water partition coefficient (Wildman–Crippen LogP) is 7.34. The van der Waals surface area contributed by atoms with Gasteiger partial charge in [0.15, 0.2) is 0 Å². The average molecular weight is 468 g/mol. The molecule has 3 nitrogen and oxygen atoms in total. The first kappa shape index (κ1) is 28.7. The van der Waals surface area contributed by atoms with Crippen molar-refractivity contribution < 1.29 is 9.53 Å². The molecule has 0 aliphatic carbocycles. The van der Waals surface area contributed by atoms with Crippen LogP contribution in [0.1, 0.15) is 78.4 Å². The molecule has 0 radical (unpaired) electrons. The zero-order valence-electron chi connectivity index (χ0n) is 21.4. The van der Waals surface area contributed by atoms with Gasteiger partial charge in [0, 0.05) is 16.5 Å². The molecule has 0 amide bonds. The number of allylic oxidation sites excluding steroid dienone is 3. The minimum absolute atomic E-state index is 0.174. The molecule has 4 heteroatoms. The molecule has 1 rings (SSSR count). The van der Waals surface area contributed by atoms with Crippen molar-refractivity contribution in [1.29, 1.82) is 0 Å². The fourth-order valence-corrected chi connectivity index (χ4v) is 3.95. The third-order valence-electron chi connectivity index (χ3n) is 6.35. The number of hydrogen-bond acceptors (Lipinski definition) is 4. The largest absolute Gasteiger partial charge is 0.463 e. The summed E-state index contributed by atoms with van der Waals surface area (Å²) in [6.45, 7) is 19.7. The SMILES string of the molecule is C=C(/C(C)=C/C(=C(/COC=O)C(C)=S)C(C)CC)/C(=C\c1ccccc1C(C)CC)C(C)N. The topological polar surface area (TPSA) is 52.3 Å². The van der Waals surface area contributed by atoms with E-state index in [-0.39, 0.29) is 18.6 Å². The summed E-state index contributed by atoms with van der Waals surface area (Å²) in [7, 11) is 0. The van der Waals surface area contributed by atoms with Gasteiger partial charge in [0.2, 0.25) is 0 Å². The van der Waals surface area contributed by atoms with E-state index in [4.69, 9.17) is 22.7 Å². The Hall–Kier alpha value is -2.30. The highest BCUT2D eigenvalue weighted by atomic mass is 32.1. The second kappa shape index (κ2) is 14.1. The average Bonchev–Trinajstić information content (AvgIpc) is 2.80. The molecule has 0 aromatic heterocycles. The highest BCUT2D eigenvalue weighted by Gasteiger charge is 2.17. The Kier molecular flexibility index (Phi) is 12.2. The lowest BCUT2D eigenvalue weighted by Crippen LogP contribution is -2.20. The Morgan fingerprint density at radius 1 is 1.15 bits per heavy atom. The molecule has 1 aromatic carbocycles. The van der Waals surface area contributed by atoms with Gasteiger partial charge < -0.3 is 10.5 Å². The van der Waals surface area contributed by atoms with Crippen molar-refractivity contribution in [3.8, 4) is 0 Å². The van der Waals surface area contributed by atoms with E-state index in [1.165, 1.54) is 11.1 Å². The van der Waals surface area contributed by atoms with Crippen molar-refractivity contribution in [2.45, 2.75) is 73.3 Å². The number of benzene rings is 1. The molecular formula is C29H41NO2S. The number of carbonyl (C=O) groups excluding carboxylic acids is 1. The molecule has 0 heterocycles. The lowest BCUT2D eigenvalue weighted by molar-refractivity contribution is -0.127. The minimum atomic E-state index is -0.174. The molecular weight excluding hydrogens is 426 g/mol. The molecule has 0 spiro atoms. The molecule has 0 bridgehead atoms. The fraction of sp³-hybridized carbons (Fsp3) is 0.448. The van der Waals surface area contributed by atoms with E-state index in [1.807, 2.05) is 13.8 Å². The first-order valence-corrected chi connectivity index (χ1v) is 12.2. The van der Waals surface area contributed by atoms with Crippen LogP contribution in [0.5, 0.6) is 0 Å². The number of hydrogen-bond donors (Lipinski definition) is 1. The zero-order valence-corrected chi connectivity index (χ0v) is 22.2. The lowest BCUT2D eigenvalue weighted by Gasteiger charge is -2.21. The third kappa shape index (κ3) is 8.21. The van der Waals surface area contributed by atoms with Crippen LogP contribution in [0.3, 0.4) is 0 Å². The van der Waals surface area contributed by atoms with Crippen molar-refractivity contribution in [3.63, 3.8) is 0 Å². The van der Waals surface area contributed by atoms with Crippen LogP contribution in [0.25, 0.3) is 6.08 Å². The molecule has 0 aliphatic heterocycles. The Morgan fingerprint density at radius 3 is 2.30 bits per heavy atom. The molecule has 1 aromatic rings. The highest BCUT2D eigenvalue weighted by molar-refractivity contribution is 7.80. The number of carbonyl (C=O) groups is 1. The molecule has 0 fully saturated rings. The summed E-state index contributed by atoms with van der Waals surface area (Å²) >= 11 is 5.49. The maximum Gasteiger partial charge on any atom is 0.293 e. The molecule has 3 unspecified atom stereocenters. The van der Waals surface area contributed by atoms with Crippen LogP contribution in [-0.4, -0.2) is 24.0 Å². The summed E-state index contributed by atoms with van der Waals surface area (Å²) in [5, 5.41) is 0. The van der Waals surface area contributed by atoms with Gasteiger partial charge >= 0.3 is 0 Å². The predicted molar refractivity (Wildman–Crippen MR) is 146 cm³/mol. The van der Waals surface area contributed by atoms with Gasteiger partial charge in [0.25, 0.3) is 6.47 Å². The number of ether oxygens (including phenoxy) is 1. The Bertz CT molecular complexity index is 937. The van der Waals surface area contributed by atoms with Gasteiger partial charge in [-0.3, -0.25) is 4.79 Å². The van der Waals surface area contributed by atoms with E-state index in [2.05, 4.69) is 77.6 Å². The summed E-state index contributed by atoms with van der Waals surface area (Å²) in [6, 6.07) is 8.31. The van der Waals surface area contributed by atoms with E-state index < -0.39 is 0 Å². The Labute approximate surface area is 206 Å². The van der Waals surface area contributed by atoms with Crippen molar-refractivity contribution in [1.82, 2.24) is 0 Å². The second-order valence-electron chi connectivity index (χ2n) is 8.84. The van der Waals surface area contributed by atoms with Gasteiger partial charge in [-0.05, 0) is 84.9 Å². The molecule has 33 heavy (non-hydrogen) atoms. The molecule has 0 aliphatic rings. The van der Waals surface area contributed by atoms with Crippen LogP contribution >= 0.6 is 12.2 Å². The summed E-state index contributed by atoms with van der Waals surface area (Å²) in [6.07, 6.45) is 6.33. The highest BCUT2D eigenvalue weighted by Crippen LogP contribution is 2.30. The standard InChI is InChI=1S/C29H41NO2S/c1-9-19(3)26-14-12-11-13-25(26)16-28(23(7)30)22(6)21(5)15-27(20(4)10-2)29(24(8)33)17-32-18-31/h11-16,18-20,23H,6,9-10,17,30H2,1-5,7-8H3/b21-15+,28-16+,29-27+. The number of rotatable bonds is 13. The molecule has 3 atom stereocenters. The molecule has 2 N–H and O–H groups in total. The second-order valence-corrected chi connectivity index (χ2v) is 9.45. The van der Waals surface area contributed by atoms with E-state index in [0.717, 1.165) is 45.6 Å². The van der Waals surface area contributed by atoms with Crippen molar-refractivity contribution >= 4 is 29.6 Å². The van der Waals surface area contributed by atoms with Gasteiger partial charge in [-0.15, -0.1) is 0 Å². The quantitative estimate of drug-likeness (QED) is 0.143. The summed E-state index contributed by atoms with van der Waals surface area (Å²) in [4.78, 5) is 11.5. The fourth-order valence-electron chi connectivity index (χ4n) is 3.77. The Morgan fingerprint density at radius 2 is 1.79 bits per heavy atom. The number of nitrogens with two attached hydrogens (primary N) is 1. The van der Waals surface area contributed by atoms with Crippen LogP contribution in [0.15, 0.2) is 64.8 Å². The van der Waals surface area contributed by atoms with E-state index in [0.29, 0.717) is 12.4 Å². The van der Waals surface area contributed by atoms with E-state index >= 15 is 0 Å². The van der Waals surface area contributed by atoms with Gasteiger partial charge in [-0.2, -0.15) is 0 Å². The van der Waals surface area contributed by atoms with Crippen LogP contribution in [0.2, 0.25) is 0 Å². The van der Waals surface area contributed by atoms with Crippen LogP contribution < -0.4 is 5.73 Å². The first-order valence-electron chi connectivity index (χ1n) is 11.8. The van der Waals surface area contributed by atoms with E-state index in [9.17, 15) is 4.79 Å². The normalized spacial score (nSPS) is 15.9. The minimum Gasteiger partial charge on any atom is -0.463 e. The van der Waals surface area contributed by atoms with Gasteiger partial charge in [-0.1, -0.05) is 76.8 Å². The maximum absolute atomic E-state index is 10.8. The maximum atomic E-state index is 10.8.